The minimum absolute atomic E-state index is 0.122. The average Bonchev–Trinajstić information content (AvgIpc) is 3.36. The van der Waals surface area contributed by atoms with Gasteiger partial charge in [-0.05, 0) is 68.1 Å². The van der Waals surface area contributed by atoms with Crippen LogP contribution in [0.5, 0.6) is 0 Å². The van der Waals surface area contributed by atoms with Crippen molar-refractivity contribution in [2.75, 3.05) is 0 Å². The van der Waals surface area contributed by atoms with Crippen LogP contribution >= 0.6 is 0 Å². The van der Waals surface area contributed by atoms with Crippen molar-refractivity contribution in [2.45, 2.75) is 117 Å². The van der Waals surface area contributed by atoms with Gasteiger partial charge in [0.1, 0.15) is 17.8 Å². The Hall–Kier alpha value is -0.750. The number of epoxide rings is 1. The monoisotopic (exact) mass is 460 g/mol. The van der Waals surface area contributed by atoms with Gasteiger partial charge in [0.15, 0.2) is 5.78 Å². The summed E-state index contributed by atoms with van der Waals surface area (Å²) in [4.78, 5) is 14.2. The second kappa shape index (κ2) is 7.62. The average molecular weight is 461 g/mol. The minimum Gasteiger partial charge on any atom is -0.393 e. The van der Waals surface area contributed by atoms with Crippen molar-refractivity contribution in [3.05, 3.63) is 11.1 Å². The van der Waals surface area contributed by atoms with E-state index in [1.54, 1.807) is 0 Å². The lowest BCUT2D eigenvalue weighted by atomic mass is 9.50. The van der Waals surface area contributed by atoms with Crippen LogP contribution in [0, 0.1) is 40.4 Å². The number of Topliss-reactive ketones (excluding diaryl/α,β-unsaturated/α-hetero) is 1. The Balaban J connectivity index is 1.44. The molecule has 11 atom stereocenters. The third-order valence-corrected chi connectivity index (χ3v) is 11.4. The fourth-order valence-electron chi connectivity index (χ4n) is 8.70. The molecule has 5 aliphatic rings. The predicted octanol–water partition coefficient (Wildman–Crippen LogP) is 4.03. The van der Waals surface area contributed by atoms with Crippen LogP contribution in [0.25, 0.3) is 0 Å². The molecule has 0 unspecified atom stereocenters. The summed E-state index contributed by atoms with van der Waals surface area (Å²) in [6.07, 6.45) is 3.64. The smallest absolute Gasteiger partial charge is 0.167 e. The molecule has 5 heteroatoms. The molecule has 1 spiro atoms. The fourth-order valence-corrected chi connectivity index (χ4v) is 8.70. The van der Waals surface area contributed by atoms with E-state index in [2.05, 4.69) is 41.5 Å². The fraction of sp³-hybridized carbons (Fsp3) is 0.893. The Morgan fingerprint density at radius 2 is 1.76 bits per heavy atom. The first-order chi connectivity index (χ1) is 15.4. The van der Waals surface area contributed by atoms with Gasteiger partial charge in [-0.2, -0.15) is 0 Å². The molecule has 1 aliphatic heterocycles. The van der Waals surface area contributed by atoms with E-state index in [1.807, 2.05) is 0 Å². The summed E-state index contributed by atoms with van der Waals surface area (Å²) in [5.41, 5.74) is 0.463. The highest BCUT2D eigenvalue weighted by molar-refractivity contribution is 6.03. The lowest BCUT2D eigenvalue weighted by Gasteiger charge is -2.52. The number of ether oxygens (including phenoxy) is 1. The van der Waals surface area contributed by atoms with Crippen molar-refractivity contribution in [1.82, 2.24) is 0 Å². The van der Waals surface area contributed by atoms with Gasteiger partial charge >= 0.3 is 0 Å². The second-order valence-electron chi connectivity index (χ2n) is 13.0. The zero-order chi connectivity index (χ0) is 24.1. The third kappa shape index (κ3) is 3.07. The number of aliphatic hydroxyl groups excluding tert-OH is 3. The van der Waals surface area contributed by atoms with Crippen molar-refractivity contribution in [2.24, 2.45) is 40.4 Å². The van der Waals surface area contributed by atoms with Gasteiger partial charge in [-0.25, -0.2) is 0 Å². The zero-order valence-corrected chi connectivity index (χ0v) is 21.3. The van der Waals surface area contributed by atoms with Crippen molar-refractivity contribution in [3.63, 3.8) is 0 Å². The van der Waals surface area contributed by atoms with E-state index in [-0.39, 0.29) is 47.1 Å². The van der Waals surface area contributed by atoms with Crippen LogP contribution in [0.4, 0.5) is 0 Å². The van der Waals surface area contributed by atoms with E-state index >= 15 is 0 Å². The number of ketones is 1. The molecule has 0 aromatic rings. The first-order valence-electron chi connectivity index (χ1n) is 13.4. The van der Waals surface area contributed by atoms with Crippen LogP contribution in [-0.4, -0.2) is 51.1 Å². The number of fused-ring (bicyclic) bond motifs is 1. The lowest BCUT2D eigenvalue weighted by molar-refractivity contribution is -0.131. The van der Waals surface area contributed by atoms with E-state index in [9.17, 15) is 20.1 Å². The van der Waals surface area contributed by atoms with Crippen LogP contribution < -0.4 is 0 Å². The summed E-state index contributed by atoms with van der Waals surface area (Å²) in [5.74, 6) is 1.50. The number of hydrogen-bond acceptors (Lipinski definition) is 5. The highest BCUT2D eigenvalue weighted by Crippen LogP contribution is 2.69. The Morgan fingerprint density at radius 1 is 1.06 bits per heavy atom. The molecule has 5 rings (SSSR count). The zero-order valence-electron chi connectivity index (χ0n) is 21.3. The highest BCUT2D eigenvalue weighted by atomic mass is 16.6. The quantitative estimate of drug-likeness (QED) is 0.551. The Kier molecular flexibility index (Phi) is 5.54. The lowest BCUT2D eigenvalue weighted by Crippen LogP contribution is -2.56. The number of hydrogen-bond donors (Lipinski definition) is 3. The molecule has 2 saturated carbocycles. The highest BCUT2D eigenvalue weighted by Gasteiger charge is 2.76. The van der Waals surface area contributed by atoms with E-state index in [4.69, 9.17) is 4.74 Å². The van der Waals surface area contributed by atoms with Crippen LogP contribution in [0.15, 0.2) is 11.1 Å². The minimum atomic E-state index is -0.885. The van der Waals surface area contributed by atoms with Gasteiger partial charge < -0.3 is 20.1 Å². The van der Waals surface area contributed by atoms with Gasteiger partial charge in [-0.15, -0.1) is 0 Å². The standard InChI is InChI=1S/C28H44O5/c1-14(2)15(3)22(30)18-7-8-19(16(18)4)26(5)11-10-20-21(24(26)32)23(31)25-28(33-25)13-17(29)9-12-27(20,28)6/h14-19,22-23,25,29-31H,7-13H2,1-6H3/t15-,16-,17+,18-,19-,22-,23-,25+,26-,27-,28+/m1/s1. The van der Waals surface area contributed by atoms with Gasteiger partial charge in [-0.1, -0.05) is 47.1 Å². The molecule has 3 N–H and O–H groups in total. The molecule has 0 radical (unpaired) electrons. The summed E-state index contributed by atoms with van der Waals surface area (Å²) in [6.45, 7) is 13.0. The molecule has 0 amide bonds. The first kappa shape index (κ1) is 24.0. The summed E-state index contributed by atoms with van der Waals surface area (Å²) >= 11 is 0. The summed E-state index contributed by atoms with van der Waals surface area (Å²) in [5, 5.41) is 32.7. The van der Waals surface area contributed by atoms with Gasteiger partial charge in [0.25, 0.3) is 0 Å². The summed E-state index contributed by atoms with van der Waals surface area (Å²) in [7, 11) is 0. The number of aliphatic hydroxyl groups is 3. The number of rotatable bonds is 4. The summed E-state index contributed by atoms with van der Waals surface area (Å²) < 4.78 is 6.17. The van der Waals surface area contributed by atoms with E-state index in [0.717, 1.165) is 44.1 Å². The molecular weight excluding hydrogens is 416 g/mol. The predicted molar refractivity (Wildman–Crippen MR) is 126 cm³/mol. The largest absolute Gasteiger partial charge is 0.393 e. The molecule has 1 saturated heterocycles. The van der Waals surface area contributed by atoms with Crippen LogP contribution in [0.1, 0.15) is 86.5 Å². The maximum absolute atomic E-state index is 14.2. The van der Waals surface area contributed by atoms with Crippen LogP contribution in [-0.2, 0) is 9.53 Å². The topological polar surface area (TPSA) is 90.3 Å². The van der Waals surface area contributed by atoms with Crippen molar-refractivity contribution < 1.29 is 24.9 Å². The van der Waals surface area contributed by atoms with Gasteiger partial charge in [0, 0.05) is 22.8 Å². The van der Waals surface area contributed by atoms with Gasteiger partial charge in [0.05, 0.1) is 12.2 Å². The molecule has 33 heavy (non-hydrogen) atoms. The molecule has 5 nitrogen and oxygen atoms in total. The van der Waals surface area contributed by atoms with Crippen molar-refractivity contribution >= 4 is 5.78 Å². The molecule has 4 aliphatic carbocycles. The maximum atomic E-state index is 14.2. The third-order valence-electron chi connectivity index (χ3n) is 11.4. The molecular formula is C28H44O5. The van der Waals surface area contributed by atoms with E-state index in [1.165, 1.54) is 0 Å². The molecule has 0 bridgehead atoms. The van der Waals surface area contributed by atoms with Crippen LogP contribution in [0.2, 0.25) is 0 Å². The van der Waals surface area contributed by atoms with E-state index in [0.29, 0.717) is 17.9 Å². The summed E-state index contributed by atoms with van der Waals surface area (Å²) in [6, 6.07) is 0. The van der Waals surface area contributed by atoms with E-state index < -0.39 is 23.2 Å². The SMILES string of the molecule is CC(C)[C@@H](C)[C@@H](O)[C@@H]1CC[C@@H]([C@@]2(C)CCC3=C(C2=O)[C@@H](O)[C@@H]2O[C@@]24C[C@@H](O)CC[C@]34C)[C@@H]1C. The molecule has 3 fully saturated rings. The maximum Gasteiger partial charge on any atom is 0.167 e. The Bertz CT molecular complexity index is 864. The molecule has 0 aromatic carbocycles. The molecule has 0 aromatic heterocycles. The molecule has 186 valence electrons. The normalized spacial score (nSPS) is 51.2. The Labute approximate surface area is 199 Å². The van der Waals surface area contributed by atoms with Gasteiger partial charge in [0.2, 0.25) is 0 Å². The second-order valence-corrected chi connectivity index (χ2v) is 13.0. The van der Waals surface area contributed by atoms with Crippen molar-refractivity contribution in [1.29, 1.82) is 0 Å². The van der Waals surface area contributed by atoms with Crippen LogP contribution in [0.3, 0.4) is 0 Å². The number of carbonyl (C=O) groups excluding carboxylic acids is 1. The Morgan fingerprint density at radius 3 is 2.42 bits per heavy atom. The van der Waals surface area contributed by atoms with Crippen molar-refractivity contribution in [3.8, 4) is 0 Å². The van der Waals surface area contributed by atoms with Gasteiger partial charge in [-0.3, -0.25) is 4.79 Å². The first-order valence-corrected chi connectivity index (χ1v) is 13.4. The molecule has 1 heterocycles. The number of carbonyl (C=O) groups is 1.